The third-order valence-electron chi connectivity index (χ3n) is 4.08. The fraction of sp³-hybridized carbons (Fsp3) is 0.0435. The standard InChI is InChI=1S/C23H18ClN3O5/c1-31-19-11-7-18(8-12-19)26-21(28)22(29)27-25-14-15-5-9-20(10-6-15)32-23(30)16-3-2-4-17(24)13-16/h2-14H,1H3,(H,26,28)(H,27,29)/b25-14-. The minimum absolute atomic E-state index is 0.329. The maximum absolute atomic E-state index is 12.1. The number of benzene rings is 3. The van der Waals surface area contributed by atoms with Crippen LogP contribution in [0.25, 0.3) is 0 Å². The first-order chi connectivity index (χ1) is 15.4. The van der Waals surface area contributed by atoms with Crippen molar-refractivity contribution in [2.45, 2.75) is 0 Å². The number of hydrogen-bond donors (Lipinski definition) is 2. The molecule has 0 saturated carbocycles. The zero-order chi connectivity index (χ0) is 22.9. The topological polar surface area (TPSA) is 106 Å². The maximum atomic E-state index is 12.1. The van der Waals surface area contributed by atoms with Gasteiger partial charge in [0.1, 0.15) is 11.5 Å². The van der Waals surface area contributed by atoms with Crippen molar-refractivity contribution in [3.8, 4) is 11.5 Å². The Kier molecular flexibility index (Phi) is 7.55. The summed E-state index contributed by atoms with van der Waals surface area (Å²) in [6.07, 6.45) is 1.35. The lowest BCUT2D eigenvalue weighted by Crippen LogP contribution is -2.32. The van der Waals surface area contributed by atoms with Gasteiger partial charge in [0.15, 0.2) is 0 Å². The van der Waals surface area contributed by atoms with E-state index in [0.29, 0.717) is 33.3 Å². The molecule has 3 aromatic carbocycles. The highest BCUT2D eigenvalue weighted by Gasteiger charge is 2.13. The predicted octanol–water partition coefficient (Wildman–Crippen LogP) is 3.66. The SMILES string of the molecule is COc1ccc(NC(=O)C(=O)N/N=C\c2ccc(OC(=O)c3cccc(Cl)c3)cc2)cc1. The first kappa shape index (κ1) is 22.5. The second kappa shape index (κ2) is 10.7. The number of hydrazone groups is 1. The van der Waals surface area contributed by atoms with Gasteiger partial charge in [-0.1, -0.05) is 17.7 Å². The number of amides is 2. The lowest BCUT2D eigenvalue weighted by atomic mass is 10.2. The molecule has 0 aliphatic carbocycles. The van der Waals surface area contributed by atoms with Crippen molar-refractivity contribution in [1.82, 2.24) is 5.43 Å². The molecule has 0 fully saturated rings. The highest BCUT2D eigenvalue weighted by Crippen LogP contribution is 2.16. The number of rotatable bonds is 6. The predicted molar refractivity (Wildman–Crippen MR) is 120 cm³/mol. The van der Waals surface area contributed by atoms with Crippen LogP contribution in [-0.4, -0.2) is 31.1 Å². The Morgan fingerprint density at radius 3 is 2.25 bits per heavy atom. The van der Waals surface area contributed by atoms with Crippen molar-refractivity contribution in [2.75, 3.05) is 12.4 Å². The van der Waals surface area contributed by atoms with Crippen molar-refractivity contribution in [3.63, 3.8) is 0 Å². The summed E-state index contributed by atoms with van der Waals surface area (Å²) < 4.78 is 10.3. The number of ether oxygens (including phenoxy) is 2. The highest BCUT2D eigenvalue weighted by atomic mass is 35.5. The number of methoxy groups -OCH3 is 1. The minimum Gasteiger partial charge on any atom is -0.497 e. The van der Waals surface area contributed by atoms with Crippen LogP contribution in [0.3, 0.4) is 0 Å². The van der Waals surface area contributed by atoms with Crippen LogP contribution >= 0.6 is 11.6 Å². The smallest absolute Gasteiger partial charge is 0.343 e. The molecular formula is C23H18ClN3O5. The van der Waals surface area contributed by atoms with Gasteiger partial charge in [0.05, 0.1) is 18.9 Å². The van der Waals surface area contributed by atoms with E-state index in [-0.39, 0.29) is 0 Å². The Hall–Kier alpha value is -4.17. The second-order valence-electron chi connectivity index (χ2n) is 6.35. The molecule has 162 valence electrons. The van der Waals surface area contributed by atoms with Gasteiger partial charge < -0.3 is 14.8 Å². The molecule has 3 rings (SSSR count). The average molecular weight is 452 g/mol. The number of nitrogens with zero attached hydrogens (tertiary/aromatic N) is 1. The number of carbonyl (C=O) groups is 3. The normalized spacial score (nSPS) is 10.4. The maximum Gasteiger partial charge on any atom is 0.343 e. The van der Waals surface area contributed by atoms with Gasteiger partial charge in [-0.05, 0) is 72.3 Å². The summed E-state index contributed by atoms with van der Waals surface area (Å²) in [6, 6.07) is 19.4. The highest BCUT2D eigenvalue weighted by molar-refractivity contribution is 6.39. The summed E-state index contributed by atoms with van der Waals surface area (Å²) in [6.45, 7) is 0. The third-order valence-corrected chi connectivity index (χ3v) is 4.32. The van der Waals surface area contributed by atoms with Crippen LogP contribution in [-0.2, 0) is 9.59 Å². The molecule has 2 N–H and O–H groups in total. The van der Waals surface area contributed by atoms with E-state index in [1.165, 1.54) is 19.4 Å². The second-order valence-corrected chi connectivity index (χ2v) is 6.79. The molecule has 0 unspecified atom stereocenters. The van der Waals surface area contributed by atoms with Crippen molar-refractivity contribution in [2.24, 2.45) is 5.10 Å². The van der Waals surface area contributed by atoms with Gasteiger partial charge in [-0.15, -0.1) is 0 Å². The Balaban J connectivity index is 1.50. The summed E-state index contributed by atoms with van der Waals surface area (Å²) in [5.41, 5.74) is 3.53. The molecular weight excluding hydrogens is 434 g/mol. The minimum atomic E-state index is -0.927. The molecule has 9 heteroatoms. The molecule has 0 atom stereocenters. The molecule has 0 bridgehead atoms. The van der Waals surface area contributed by atoms with Crippen LogP contribution in [0.1, 0.15) is 15.9 Å². The molecule has 0 aromatic heterocycles. The average Bonchev–Trinajstić information content (AvgIpc) is 2.80. The first-order valence-corrected chi connectivity index (χ1v) is 9.68. The van der Waals surface area contributed by atoms with Crippen LogP contribution in [0, 0.1) is 0 Å². The van der Waals surface area contributed by atoms with Crippen LogP contribution in [0.4, 0.5) is 5.69 Å². The zero-order valence-corrected chi connectivity index (χ0v) is 17.6. The number of hydrogen-bond acceptors (Lipinski definition) is 6. The molecule has 3 aromatic rings. The summed E-state index contributed by atoms with van der Waals surface area (Å²) in [5, 5.41) is 6.63. The van der Waals surface area contributed by atoms with E-state index in [1.54, 1.807) is 66.7 Å². The summed E-state index contributed by atoms with van der Waals surface area (Å²) in [4.78, 5) is 35.9. The molecule has 0 saturated heterocycles. The number of esters is 1. The summed E-state index contributed by atoms with van der Waals surface area (Å²) in [7, 11) is 1.53. The fourth-order valence-electron chi connectivity index (χ4n) is 2.48. The third kappa shape index (κ3) is 6.41. The van der Waals surface area contributed by atoms with E-state index >= 15 is 0 Å². The van der Waals surface area contributed by atoms with Gasteiger partial charge in [0.2, 0.25) is 0 Å². The van der Waals surface area contributed by atoms with E-state index < -0.39 is 17.8 Å². The molecule has 0 spiro atoms. The number of carbonyl (C=O) groups excluding carboxylic acids is 3. The lowest BCUT2D eigenvalue weighted by molar-refractivity contribution is -0.136. The molecule has 0 aliphatic rings. The Morgan fingerprint density at radius 2 is 1.59 bits per heavy atom. The summed E-state index contributed by atoms with van der Waals surface area (Å²) in [5.74, 6) is -1.37. The van der Waals surface area contributed by atoms with Gasteiger partial charge in [0.25, 0.3) is 0 Å². The number of halogens is 1. The van der Waals surface area contributed by atoms with Crippen molar-refractivity contribution >= 4 is 41.3 Å². The van der Waals surface area contributed by atoms with Gasteiger partial charge in [-0.25, -0.2) is 10.2 Å². The first-order valence-electron chi connectivity index (χ1n) is 9.31. The monoisotopic (exact) mass is 451 g/mol. The van der Waals surface area contributed by atoms with Crippen molar-refractivity contribution in [1.29, 1.82) is 0 Å². The Labute approximate surface area is 188 Å². The number of anilines is 1. The van der Waals surface area contributed by atoms with Crippen LogP contribution < -0.4 is 20.2 Å². The summed E-state index contributed by atoms with van der Waals surface area (Å²) >= 11 is 5.87. The van der Waals surface area contributed by atoms with Crippen LogP contribution in [0.5, 0.6) is 11.5 Å². The van der Waals surface area contributed by atoms with Crippen molar-refractivity contribution in [3.05, 3.63) is 88.9 Å². The molecule has 32 heavy (non-hydrogen) atoms. The van der Waals surface area contributed by atoms with Gasteiger partial charge >= 0.3 is 17.8 Å². The molecule has 8 nitrogen and oxygen atoms in total. The largest absolute Gasteiger partial charge is 0.497 e. The van der Waals surface area contributed by atoms with Crippen LogP contribution in [0.2, 0.25) is 5.02 Å². The molecule has 0 aliphatic heterocycles. The van der Waals surface area contributed by atoms with E-state index in [2.05, 4.69) is 15.8 Å². The molecule has 0 heterocycles. The van der Waals surface area contributed by atoms with Crippen LogP contribution in [0.15, 0.2) is 77.9 Å². The lowest BCUT2D eigenvalue weighted by Gasteiger charge is -2.05. The van der Waals surface area contributed by atoms with Gasteiger partial charge in [-0.2, -0.15) is 5.10 Å². The van der Waals surface area contributed by atoms with E-state index in [4.69, 9.17) is 21.1 Å². The molecule has 0 radical (unpaired) electrons. The van der Waals surface area contributed by atoms with Gasteiger partial charge in [-0.3, -0.25) is 9.59 Å². The fourth-order valence-corrected chi connectivity index (χ4v) is 2.67. The van der Waals surface area contributed by atoms with E-state index in [0.717, 1.165) is 0 Å². The quantitative estimate of drug-likeness (QED) is 0.195. The van der Waals surface area contributed by atoms with Gasteiger partial charge in [0, 0.05) is 10.7 Å². The Morgan fingerprint density at radius 1 is 0.906 bits per heavy atom. The number of nitrogens with one attached hydrogen (secondary N) is 2. The van der Waals surface area contributed by atoms with Crippen molar-refractivity contribution < 1.29 is 23.9 Å². The van der Waals surface area contributed by atoms with E-state index in [9.17, 15) is 14.4 Å². The van der Waals surface area contributed by atoms with E-state index in [1.807, 2.05) is 0 Å². The zero-order valence-electron chi connectivity index (χ0n) is 16.9. The molecule has 2 amide bonds. The Bertz CT molecular complexity index is 1150.